The van der Waals surface area contributed by atoms with E-state index in [-0.39, 0.29) is 17.9 Å². The normalized spacial score (nSPS) is 15.4. The van der Waals surface area contributed by atoms with Crippen LogP contribution in [-0.2, 0) is 4.79 Å². The van der Waals surface area contributed by atoms with E-state index in [1.54, 1.807) is 19.1 Å². The van der Waals surface area contributed by atoms with Gasteiger partial charge < -0.3 is 15.4 Å². The van der Waals surface area contributed by atoms with Gasteiger partial charge in [0.15, 0.2) is 6.10 Å². The minimum absolute atomic E-state index is 0.143. The molecule has 1 fully saturated rings. The van der Waals surface area contributed by atoms with E-state index in [1.807, 2.05) is 44.2 Å². The van der Waals surface area contributed by atoms with E-state index in [4.69, 9.17) is 4.74 Å². The van der Waals surface area contributed by atoms with Crippen molar-refractivity contribution in [2.45, 2.75) is 65.0 Å². The molecule has 1 aliphatic rings. The number of carbonyl (C=O) groups excluding carboxylic acids is 2. The lowest BCUT2D eigenvalue weighted by molar-refractivity contribution is -0.122. The minimum Gasteiger partial charge on any atom is -0.481 e. The van der Waals surface area contributed by atoms with Gasteiger partial charge in [0.05, 0.1) is 11.3 Å². The average molecular weight is 395 g/mol. The van der Waals surface area contributed by atoms with Crippen molar-refractivity contribution in [1.29, 1.82) is 0 Å². The van der Waals surface area contributed by atoms with Crippen molar-refractivity contribution in [3.05, 3.63) is 59.2 Å². The Bertz CT molecular complexity index is 872. The van der Waals surface area contributed by atoms with Crippen molar-refractivity contribution < 1.29 is 14.3 Å². The molecule has 0 radical (unpaired) electrons. The molecule has 1 saturated carbocycles. The maximum absolute atomic E-state index is 12.8. The standard InChI is InChI=1S/C24H30N2O3/c1-16-10-9-15-22(17(16)2)29-18(3)23(27)26-21-14-8-7-13-20(21)24(28)25-19-11-5-4-6-12-19/h7-10,13-15,18-19H,4-6,11-12H2,1-3H3,(H,25,28)(H,26,27)/t18-/m1/s1. The lowest BCUT2D eigenvalue weighted by Gasteiger charge is -2.23. The molecule has 1 aliphatic carbocycles. The van der Waals surface area contributed by atoms with Gasteiger partial charge in [0, 0.05) is 6.04 Å². The van der Waals surface area contributed by atoms with Crippen LogP contribution in [0, 0.1) is 13.8 Å². The van der Waals surface area contributed by atoms with Gasteiger partial charge in [-0.2, -0.15) is 0 Å². The molecule has 5 nitrogen and oxygen atoms in total. The van der Waals surface area contributed by atoms with Crippen molar-refractivity contribution >= 4 is 17.5 Å². The molecule has 5 heteroatoms. The van der Waals surface area contributed by atoms with Crippen molar-refractivity contribution in [2.75, 3.05) is 5.32 Å². The van der Waals surface area contributed by atoms with Gasteiger partial charge in [-0.1, -0.05) is 43.5 Å². The molecule has 0 aromatic heterocycles. The molecule has 1 atom stereocenters. The summed E-state index contributed by atoms with van der Waals surface area (Å²) in [6.45, 7) is 5.69. The summed E-state index contributed by atoms with van der Waals surface area (Å²) in [4.78, 5) is 25.5. The first-order valence-electron chi connectivity index (χ1n) is 10.4. The fourth-order valence-corrected chi connectivity index (χ4v) is 3.63. The third-order valence-electron chi connectivity index (χ3n) is 5.60. The summed E-state index contributed by atoms with van der Waals surface area (Å²) in [7, 11) is 0. The molecule has 0 spiro atoms. The summed E-state index contributed by atoms with van der Waals surface area (Å²) < 4.78 is 5.87. The SMILES string of the molecule is Cc1cccc(O[C@H](C)C(=O)Nc2ccccc2C(=O)NC2CCCCC2)c1C. The Labute approximate surface area is 172 Å². The Kier molecular flexibility index (Phi) is 6.91. The van der Waals surface area contributed by atoms with Gasteiger partial charge in [-0.15, -0.1) is 0 Å². The zero-order valence-corrected chi connectivity index (χ0v) is 17.5. The van der Waals surface area contributed by atoms with Crippen LogP contribution in [0.25, 0.3) is 0 Å². The number of hydrogen-bond acceptors (Lipinski definition) is 3. The number of hydrogen-bond donors (Lipinski definition) is 2. The molecule has 2 amide bonds. The van der Waals surface area contributed by atoms with Gasteiger partial charge in [0.1, 0.15) is 5.75 Å². The highest BCUT2D eigenvalue weighted by atomic mass is 16.5. The minimum atomic E-state index is -0.690. The molecule has 0 unspecified atom stereocenters. The highest BCUT2D eigenvalue weighted by Crippen LogP contribution is 2.23. The number of carbonyl (C=O) groups is 2. The van der Waals surface area contributed by atoms with E-state index in [1.165, 1.54) is 6.42 Å². The maximum Gasteiger partial charge on any atom is 0.265 e. The first kappa shape index (κ1) is 20.9. The molecule has 154 valence electrons. The van der Waals surface area contributed by atoms with E-state index in [2.05, 4.69) is 10.6 Å². The second-order valence-corrected chi connectivity index (χ2v) is 7.80. The number of nitrogens with one attached hydrogen (secondary N) is 2. The Hall–Kier alpha value is -2.82. The highest BCUT2D eigenvalue weighted by molar-refractivity contribution is 6.04. The van der Waals surface area contributed by atoms with Crippen molar-refractivity contribution in [2.24, 2.45) is 0 Å². The highest BCUT2D eigenvalue weighted by Gasteiger charge is 2.21. The summed E-state index contributed by atoms with van der Waals surface area (Å²) in [6.07, 6.45) is 4.87. The molecule has 2 N–H and O–H groups in total. The van der Waals surface area contributed by atoms with Crippen molar-refractivity contribution in [3.63, 3.8) is 0 Å². The fourth-order valence-electron chi connectivity index (χ4n) is 3.63. The third-order valence-corrected chi connectivity index (χ3v) is 5.60. The number of para-hydroxylation sites is 1. The second-order valence-electron chi connectivity index (χ2n) is 7.80. The largest absolute Gasteiger partial charge is 0.481 e. The van der Waals surface area contributed by atoms with Crippen molar-refractivity contribution in [1.82, 2.24) is 5.32 Å². The average Bonchev–Trinajstić information content (AvgIpc) is 2.72. The van der Waals surface area contributed by atoms with Gasteiger partial charge in [-0.25, -0.2) is 0 Å². The van der Waals surface area contributed by atoms with Crippen LogP contribution in [0.15, 0.2) is 42.5 Å². The lowest BCUT2D eigenvalue weighted by Crippen LogP contribution is -2.37. The number of anilines is 1. The van der Waals surface area contributed by atoms with E-state index in [0.717, 1.165) is 36.8 Å². The van der Waals surface area contributed by atoms with Crippen LogP contribution in [0.3, 0.4) is 0 Å². The molecule has 2 aromatic carbocycles. The Balaban J connectivity index is 1.67. The van der Waals surface area contributed by atoms with E-state index in [0.29, 0.717) is 17.0 Å². The van der Waals surface area contributed by atoms with Crippen LogP contribution in [0.2, 0.25) is 0 Å². The molecule has 3 rings (SSSR count). The summed E-state index contributed by atoms with van der Waals surface area (Å²) in [5, 5.41) is 5.97. The smallest absolute Gasteiger partial charge is 0.265 e. The van der Waals surface area contributed by atoms with Gasteiger partial charge in [-0.3, -0.25) is 9.59 Å². The molecular formula is C24H30N2O3. The predicted octanol–water partition coefficient (Wildman–Crippen LogP) is 4.77. The first-order valence-corrected chi connectivity index (χ1v) is 10.4. The van der Waals surface area contributed by atoms with E-state index < -0.39 is 6.10 Å². The topological polar surface area (TPSA) is 67.4 Å². The van der Waals surface area contributed by atoms with E-state index >= 15 is 0 Å². The number of rotatable bonds is 6. The Morgan fingerprint density at radius 3 is 2.48 bits per heavy atom. The van der Waals surface area contributed by atoms with E-state index in [9.17, 15) is 9.59 Å². The molecule has 0 bridgehead atoms. The summed E-state index contributed by atoms with van der Waals surface area (Å²) in [5.41, 5.74) is 3.10. The van der Waals surface area contributed by atoms with Crippen molar-refractivity contribution in [3.8, 4) is 5.75 Å². The third kappa shape index (κ3) is 5.37. The second kappa shape index (κ2) is 9.59. The van der Waals surface area contributed by atoms with Crippen LogP contribution in [0.1, 0.15) is 60.5 Å². The molecular weight excluding hydrogens is 364 g/mol. The number of amides is 2. The molecule has 0 aliphatic heterocycles. The zero-order chi connectivity index (χ0) is 20.8. The maximum atomic E-state index is 12.8. The number of ether oxygens (including phenoxy) is 1. The van der Waals surface area contributed by atoms with Gasteiger partial charge in [-0.05, 0) is 62.9 Å². The first-order chi connectivity index (χ1) is 14.0. The molecule has 0 saturated heterocycles. The quantitative estimate of drug-likeness (QED) is 0.741. The monoisotopic (exact) mass is 394 g/mol. The lowest BCUT2D eigenvalue weighted by atomic mass is 9.95. The van der Waals surface area contributed by atoms with Crippen LogP contribution in [0.4, 0.5) is 5.69 Å². The molecule has 29 heavy (non-hydrogen) atoms. The predicted molar refractivity (Wildman–Crippen MR) is 115 cm³/mol. The van der Waals surface area contributed by atoms with Gasteiger partial charge in [0.2, 0.25) is 0 Å². The summed E-state index contributed by atoms with van der Waals surface area (Å²) >= 11 is 0. The van der Waals surface area contributed by atoms with Crippen LogP contribution in [0.5, 0.6) is 5.75 Å². The number of aryl methyl sites for hydroxylation is 1. The summed E-state index contributed by atoms with van der Waals surface area (Å²) in [5.74, 6) is 0.260. The Morgan fingerprint density at radius 2 is 1.72 bits per heavy atom. The Morgan fingerprint density at radius 1 is 1.00 bits per heavy atom. The van der Waals surface area contributed by atoms with Gasteiger partial charge >= 0.3 is 0 Å². The van der Waals surface area contributed by atoms with Crippen LogP contribution in [-0.4, -0.2) is 24.0 Å². The number of benzene rings is 2. The molecule has 2 aromatic rings. The van der Waals surface area contributed by atoms with Gasteiger partial charge in [0.25, 0.3) is 11.8 Å². The zero-order valence-electron chi connectivity index (χ0n) is 17.5. The fraction of sp³-hybridized carbons (Fsp3) is 0.417. The molecule has 0 heterocycles. The van der Waals surface area contributed by atoms with Crippen LogP contribution < -0.4 is 15.4 Å². The van der Waals surface area contributed by atoms with Crippen LogP contribution >= 0.6 is 0 Å². The summed E-state index contributed by atoms with van der Waals surface area (Å²) in [6, 6.07) is 13.1.